The van der Waals surface area contributed by atoms with Crippen molar-refractivity contribution in [3.8, 4) is 5.75 Å². The van der Waals surface area contributed by atoms with Crippen molar-refractivity contribution in [3.63, 3.8) is 0 Å². The summed E-state index contributed by atoms with van der Waals surface area (Å²) in [6, 6.07) is 2.83. The van der Waals surface area contributed by atoms with E-state index >= 15 is 0 Å². The Morgan fingerprint density at radius 2 is 2.13 bits per heavy atom. The molecule has 2 amide bonds. The molecule has 122 valence electrons. The molecule has 8 nitrogen and oxygen atoms in total. The Labute approximate surface area is 132 Å². The third kappa shape index (κ3) is 3.31. The van der Waals surface area contributed by atoms with E-state index in [2.05, 4.69) is 10.6 Å². The molecule has 0 fully saturated rings. The van der Waals surface area contributed by atoms with Gasteiger partial charge in [-0.2, -0.15) is 0 Å². The zero-order valence-corrected chi connectivity index (χ0v) is 13.0. The van der Waals surface area contributed by atoms with Gasteiger partial charge in [-0.15, -0.1) is 0 Å². The van der Waals surface area contributed by atoms with Crippen LogP contribution in [0.2, 0.25) is 0 Å². The van der Waals surface area contributed by atoms with Crippen LogP contribution < -0.4 is 15.4 Å². The van der Waals surface area contributed by atoms with E-state index in [4.69, 9.17) is 4.74 Å². The number of amides is 2. The number of nitro groups is 1. The molecule has 1 aliphatic heterocycles. The highest BCUT2D eigenvalue weighted by molar-refractivity contribution is 5.98. The lowest BCUT2D eigenvalue weighted by atomic mass is 9.92. The number of nitro benzene ring substituents is 1. The summed E-state index contributed by atoms with van der Waals surface area (Å²) in [4.78, 5) is 34.2. The van der Waals surface area contributed by atoms with Gasteiger partial charge in [0.25, 0.3) is 5.69 Å². The fourth-order valence-electron chi connectivity index (χ4n) is 2.56. The summed E-state index contributed by atoms with van der Waals surface area (Å²) in [5.41, 5.74) is 0.989. The highest BCUT2D eigenvalue weighted by atomic mass is 16.6. The van der Waals surface area contributed by atoms with Gasteiger partial charge < -0.3 is 15.4 Å². The zero-order chi connectivity index (χ0) is 17.1. The molecule has 0 spiro atoms. The largest absolute Gasteiger partial charge is 0.493 e. The molecule has 1 atom stereocenters. The fraction of sp³-hybridized carbons (Fsp3) is 0.333. The monoisotopic (exact) mass is 319 g/mol. The van der Waals surface area contributed by atoms with Crippen molar-refractivity contribution in [1.82, 2.24) is 10.6 Å². The van der Waals surface area contributed by atoms with E-state index in [9.17, 15) is 19.7 Å². The van der Waals surface area contributed by atoms with Crippen LogP contribution in [0, 0.1) is 10.1 Å². The molecular weight excluding hydrogens is 302 g/mol. The van der Waals surface area contributed by atoms with Gasteiger partial charge in [0, 0.05) is 29.0 Å². The van der Waals surface area contributed by atoms with E-state index in [1.54, 1.807) is 13.8 Å². The quantitative estimate of drug-likeness (QED) is 0.638. The van der Waals surface area contributed by atoms with E-state index in [1.165, 1.54) is 25.1 Å². The summed E-state index contributed by atoms with van der Waals surface area (Å²) in [5.74, 6) is 0.144. The summed E-state index contributed by atoms with van der Waals surface area (Å²) in [6.45, 7) is 5.11. The minimum atomic E-state index is -0.803. The van der Waals surface area contributed by atoms with Gasteiger partial charge in [-0.3, -0.25) is 14.9 Å². The van der Waals surface area contributed by atoms with Crippen molar-refractivity contribution in [2.24, 2.45) is 0 Å². The summed E-state index contributed by atoms with van der Waals surface area (Å²) in [5, 5.41) is 16.2. The van der Waals surface area contributed by atoms with E-state index < -0.39 is 17.0 Å². The van der Waals surface area contributed by atoms with E-state index in [-0.39, 0.29) is 11.5 Å². The molecule has 1 heterocycles. The van der Waals surface area contributed by atoms with E-state index in [0.717, 1.165) is 0 Å². The van der Waals surface area contributed by atoms with Crippen LogP contribution in [0.25, 0.3) is 0 Å². The zero-order valence-electron chi connectivity index (χ0n) is 13.0. The van der Waals surface area contributed by atoms with Gasteiger partial charge in [0.1, 0.15) is 5.75 Å². The van der Waals surface area contributed by atoms with E-state index in [0.29, 0.717) is 29.2 Å². The van der Waals surface area contributed by atoms with Gasteiger partial charge in [0.15, 0.2) is 5.78 Å². The van der Waals surface area contributed by atoms with Gasteiger partial charge >= 0.3 is 6.03 Å². The maximum absolute atomic E-state index is 12.0. The number of nitrogens with one attached hydrogen (secondary N) is 2. The number of carbonyl (C=O) groups excluding carboxylic acids is 2. The second kappa shape index (κ2) is 6.47. The van der Waals surface area contributed by atoms with Crippen LogP contribution in [0.1, 0.15) is 32.4 Å². The molecule has 0 aromatic heterocycles. The molecule has 2 N–H and O–H groups in total. The Morgan fingerprint density at radius 3 is 2.70 bits per heavy atom. The summed E-state index contributed by atoms with van der Waals surface area (Å²) < 4.78 is 5.50. The minimum absolute atomic E-state index is 0.142. The van der Waals surface area contributed by atoms with Crippen molar-refractivity contribution in [2.45, 2.75) is 26.8 Å². The molecule has 23 heavy (non-hydrogen) atoms. The molecule has 0 unspecified atom stereocenters. The van der Waals surface area contributed by atoms with Crippen molar-refractivity contribution in [1.29, 1.82) is 0 Å². The predicted molar refractivity (Wildman–Crippen MR) is 82.1 cm³/mol. The van der Waals surface area contributed by atoms with Gasteiger partial charge in [0.2, 0.25) is 0 Å². The average Bonchev–Trinajstić information content (AvgIpc) is 2.46. The van der Waals surface area contributed by atoms with Crippen LogP contribution in [0.4, 0.5) is 10.5 Å². The fourth-order valence-corrected chi connectivity index (χ4v) is 2.56. The number of benzene rings is 1. The second-order valence-corrected chi connectivity index (χ2v) is 5.04. The highest BCUT2D eigenvalue weighted by Crippen LogP contribution is 2.35. The number of nitrogens with zero attached hydrogens (tertiary/aromatic N) is 1. The number of allylic oxidation sites excluding steroid dienone is 1. The van der Waals surface area contributed by atoms with E-state index in [1.807, 2.05) is 0 Å². The number of rotatable bonds is 5. The molecule has 0 saturated carbocycles. The summed E-state index contributed by atoms with van der Waals surface area (Å²) >= 11 is 0. The van der Waals surface area contributed by atoms with Crippen molar-refractivity contribution < 1.29 is 19.2 Å². The molecule has 8 heteroatoms. The van der Waals surface area contributed by atoms with Crippen LogP contribution in [-0.4, -0.2) is 23.3 Å². The van der Waals surface area contributed by atoms with Crippen LogP contribution >= 0.6 is 0 Å². The number of hydrogen-bond acceptors (Lipinski definition) is 5. The molecule has 0 bridgehead atoms. The lowest BCUT2D eigenvalue weighted by molar-refractivity contribution is -0.385. The van der Waals surface area contributed by atoms with Gasteiger partial charge in [-0.1, -0.05) is 0 Å². The molecule has 1 aromatic rings. The highest BCUT2D eigenvalue weighted by Gasteiger charge is 2.32. The summed E-state index contributed by atoms with van der Waals surface area (Å²) in [7, 11) is 0. The molecule has 0 radical (unpaired) electrons. The number of ketones is 1. The number of urea groups is 1. The first-order chi connectivity index (χ1) is 10.8. The van der Waals surface area contributed by atoms with Gasteiger partial charge in [0.05, 0.1) is 17.6 Å². The predicted octanol–water partition coefficient (Wildman–Crippen LogP) is 2.21. The molecule has 1 aliphatic rings. The number of Topliss-reactive ketones (excluding diaryl/α,β-unsaturated/α-hetero) is 1. The number of ether oxygens (including phenoxy) is 1. The number of non-ortho nitro benzene ring substituents is 1. The molecule has 0 saturated heterocycles. The second-order valence-electron chi connectivity index (χ2n) is 5.04. The molecule has 0 aliphatic carbocycles. The average molecular weight is 319 g/mol. The van der Waals surface area contributed by atoms with Crippen LogP contribution in [0.3, 0.4) is 0 Å². The Hall–Kier alpha value is -2.90. The van der Waals surface area contributed by atoms with Gasteiger partial charge in [-0.25, -0.2) is 4.79 Å². The maximum Gasteiger partial charge on any atom is 0.319 e. The Balaban J connectivity index is 2.63. The van der Waals surface area contributed by atoms with Crippen LogP contribution in [0.5, 0.6) is 5.75 Å². The third-order valence-electron chi connectivity index (χ3n) is 3.46. The first-order valence-corrected chi connectivity index (χ1v) is 7.05. The van der Waals surface area contributed by atoms with Gasteiger partial charge in [-0.05, 0) is 26.8 Å². The Morgan fingerprint density at radius 1 is 1.43 bits per heavy atom. The third-order valence-corrected chi connectivity index (χ3v) is 3.46. The van der Waals surface area contributed by atoms with Crippen molar-refractivity contribution in [3.05, 3.63) is 45.1 Å². The lowest BCUT2D eigenvalue weighted by Crippen LogP contribution is -2.44. The molecule has 1 aromatic carbocycles. The summed E-state index contributed by atoms with van der Waals surface area (Å²) in [6.07, 6.45) is 0. The van der Waals surface area contributed by atoms with Crippen LogP contribution in [-0.2, 0) is 4.79 Å². The smallest absolute Gasteiger partial charge is 0.319 e. The topological polar surface area (TPSA) is 111 Å². The molecular formula is C15H17N3O5. The molecule has 2 rings (SSSR count). The standard InChI is InChI=1S/C15H17N3O5/c1-4-23-12-6-5-10(18(21)22)7-11(12)14-13(9(3)19)8(2)16-15(20)17-14/h5-7,14H,4H2,1-3H3,(H2,16,17,20)/t14-/m1/s1. The maximum atomic E-state index is 12.0. The normalized spacial score (nSPS) is 17.3. The minimum Gasteiger partial charge on any atom is -0.493 e. The first-order valence-electron chi connectivity index (χ1n) is 7.05. The Bertz CT molecular complexity index is 711. The lowest BCUT2D eigenvalue weighted by Gasteiger charge is -2.29. The SMILES string of the molecule is CCOc1ccc([N+](=O)[O-])cc1[C@H]1NC(=O)NC(C)=C1C(C)=O. The van der Waals surface area contributed by atoms with Crippen molar-refractivity contribution in [2.75, 3.05) is 6.61 Å². The first kappa shape index (κ1) is 16.5. The van der Waals surface area contributed by atoms with Crippen LogP contribution in [0.15, 0.2) is 29.5 Å². The van der Waals surface area contributed by atoms with Crippen molar-refractivity contribution >= 4 is 17.5 Å². The Kier molecular flexibility index (Phi) is 4.63. The number of hydrogen-bond donors (Lipinski definition) is 2. The number of carbonyl (C=O) groups is 2.